The zero-order valence-electron chi connectivity index (χ0n) is 15.0. The third kappa shape index (κ3) is 5.34. The molecule has 1 aliphatic rings. The molecule has 134 valence electrons. The maximum absolute atomic E-state index is 5.80. The van der Waals surface area contributed by atoms with Crippen molar-refractivity contribution < 1.29 is 14.0 Å². The average Bonchev–Trinajstić information content (AvgIpc) is 3.23. The minimum atomic E-state index is 0.249. The number of hydrogen-bond acceptors (Lipinski definition) is 5. The number of ether oxygens (including phenoxy) is 2. The molecule has 0 saturated carbocycles. The van der Waals surface area contributed by atoms with Crippen LogP contribution in [0, 0.1) is 6.92 Å². The summed E-state index contributed by atoms with van der Waals surface area (Å²) in [5.41, 5.74) is 1.97. The normalized spacial score (nSPS) is 16.6. The number of rotatable bonds is 9. The van der Waals surface area contributed by atoms with Gasteiger partial charge in [0.1, 0.15) is 18.1 Å². The van der Waals surface area contributed by atoms with Gasteiger partial charge in [0.25, 0.3) is 0 Å². The van der Waals surface area contributed by atoms with Gasteiger partial charge < -0.3 is 14.0 Å². The number of aliphatic imine (C=N–C) groups is 1. The first-order valence-corrected chi connectivity index (χ1v) is 9.07. The molecule has 1 aliphatic heterocycles. The van der Waals surface area contributed by atoms with Crippen molar-refractivity contribution in [1.29, 1.82) is 0 Å². The van der Waals surface area contributed by atoms with E-state index in [1.165, 1.54) is 6.42 Å². The second-order valence-electron chi connectivity index (χ2n) is 6.57. The van der Waals surface area contributed by atoms with Gasteiger partial charge in [0.15, 0.2) is 0 Å². The number of benzene rings is 1. The highest BCUT2D eigenvalue weighted by Gasteiger charge is 2.15. The summed E-state index contributed by atoms with van der Waals surface area (Å²) in [6, 6.07) is 10.2. The van der Waals surface area contributed by atoms with Gasteiger partial charge in [0, 0.05) is 18.1 Å². The monoisotopic (exact) mass is 342 g/mol. The van der Waals surface area contributed by atoms with Crippen molar-refractivity contribution in [1.82, 2.24) is 5.16 Å². The van der Waals surface area contributed by atoms with Crippen LogP contribution in [0.3, 0.4) is 0 Å². The molecule has 25 heavy (non-hydrogen) atoms. The maximum atomic E-state index is 5.80. The highest BCUT2D eigenvalue weighted by atomic mass is 16.5. The molecule has 0 spiro atoms. The minimum Gasteiger partial charge on any atom is -0.494 e. The third-order valence-corrected chi connectivity index (χ3v) is 4.16. The van der Waals surface area contributed by atoms with Gasteiger partial charge in [-0.15, -0.1) is 0 Å². The quantitative estimate of drug-likeness (QED) is 0.637. The Morgan fingerprint density at radius 2 is 1.92 bits per heavy atom. The molecule has 3 rings (SSSR count). The van der Waals surface area contributed by atoms with Crippen molar-refractivity contribution in [2.75, 3.05) is 13.2 Å². The summed E-state index contributed by atoms with van der Waals surface area (Å²) in [7, 11) is 0. The van der Waals surface area contributed by atoms with Gasteiger partial charge >= 0.3 is 0 Å². The molecule has 2 heterocycles. The Balaban J connectivity index is 1.29. The first-order chi connectivity index (χ1) is 12.2. The predicted molar refractivity (Wildman–Crippen MR) is 97.3 cm³/mol. The van der Waals surface area contributed by atoms with Crippen molar-refractivity contribution in [3.63, 3.8) is 0 Å². The minimum absolute atomic E-state index is 0.249. The summed E-state index contributed by atoms with van der Waals surface area (Å²) < 4.78 is 16.6. The molecule has 1 aromatic carbocycles. The Morgan fingerprint density at radius 1 is 1.12 bits per heavy atom. The van der Waals surface area contributed by atoms with Crippen molar-refractivity contribution in [3.05, 3.63) is 47.3 Å². The fourth-order valence-electron chi connectivity index (χ4n) is 2.80. The standard InChI is InChI=1S/C20H26N2O3/c1-15-13-19(25-22-15)7-5-3-4-6-12-23-18-10-8-17(9-11-18)20-21-16(2)14-24-20/h8-11,13,16H,3-7,12,14H2,1-2H3/t16-/m1/s1. The van der Waals surface area contributed by atoms with E-state index in [0.29, 0.717) is 6.61 Å². The molecule has 1 atom stereocenters. The van der Waals surface area contributed by atoms with E-state index in [1.807, 2.05) is 37.3 Å². The first-order valence-electron chi connectivity index (χ1n) is 9.07. The van der Waals surface area contributed by atoms with E-state index in [-0.39, 0.29) is 6.04 Å². The summed E-state index contributed by atoms with van der Waals surface area (Å²) in [5.74, 6) is 2.62. The summed E-state index contributed by atoms with van der Waals surface area (Å²) >= 11 is 0. The van der Waals surface area contributed by atoms with Crippen LogP contribution in [0.25, 0.3) is 0 Å². The topological polar surface area (TPSA) is 56.9 Å². The zero-order chi connectivity index (χ0) is 17.5. The van der Waals surface area contributed by atoms with Gasteiger partial charge in [-0.3, -0.25) is 0 Å². The molecule has 5 nitrogen and oxygen atoms in total. The van der Waals surface area contributed by atoms with Crippen LogP contribution in [0.15, 0.2) is 39.8 Å². The van der Waals surface area contributed by atoms with E-state index in [4.69, 9.17) is 14.0 Å². The van der Waals surface area contributed by atoms with Crippen molar-refractivity contribution in [2.24, 2.45) is 4.99 Å². The summed E-state index contributed by atoms with van der Waals surface area (Å²) in [6.07, 6.45) is 5.49. The second kappa shape index (κ2) is 8.70. The third-order valence-electron chi connectivity index (χ3n) is 4.16. The Bertz CT molecular complexity index is 691. The number of aryl methyl sites for hydroxylation is 2. The Kier molecular flexibility index (Phi) is 6.09. The molecule has 2 aromatic rings. The van der Waals surface area contributed by atoms with Gasteiger partial charge in [-0.05, 0) is 51.0 Å². The van der Waals surface area contributed by atoms with E-state index in [9.17, 15) is 0 Å². The summed E-state index contributed by atoms with van der Waals surface area (Å²) in [6.45, 7) is 5.42. The highest BCUT2D eigenvalue weighted by molar-refractivity contribution is 5.95. The molecule has 0 unspecified atom stereocenters. The predicted octanol–water partition coefficient (Wildman–Crippen LogP) is 4.33. The van der Waals surface area contributed by atoms with E-state index in [2.05, 4.69) is 17.1 Å². The van der Waals surface area contributed by atoms with E-state index < -0.39 is 0 Å². The van der Waals surface area contributed by atoms with Crippen LogP contribution >= 0.6 is 0 Å². The average molecular weight is 342 g/mol. The van der Waals surface area contributed by atoms with E-state index >= 15 is 0 Å². The fourth-order valence-corrected chi connectivity index (χ4v) is 2.80. The zero-order valence-corrected chi connectivity index (χ0v) is 15.0. The molecule has 0 aliphatic carbocycles. The van der Waals surface area contributed by atoms with Crippen LogP contribution in [0.4, 0.5) is 0 Å². The maximum Gasteiger partial charge on any atom is 0.216 e. The first kappa shape index (κ1) is 17.5. The molecule has 0 fully saturated rings. The summed E-state index contributed by atoms with van der Waals surface area (Å²) in [4.78, 5) is 4.46. The number of unbranched alkanes of at least 4 members (excludes halogenated alkanes) is 3. The van der Waals surface area contributed by atoms with Gasteiger partial charge in [-0.2, -0.15) is 0 Å². The van der Waals surface area contributed by atoms with Crippen LogP contribution in [0.1, 0.15) is 49.6 Å². The fraction of sp³-hybridized carbons (Fsp3) is 0.500. The molecule has 0 saturated heterocycles. The van der Waals surface area contributed by atoms with Gasteiger partial charge in [0.2, 0.25) is 5.90 Å². The summed E-state index contributed by atoms with van der Waals surface area (Å²) in [5, 5.41) is 3.90. The van der Waals surface area contributed by atoms with Gasteiger partial charge in [-0.25, -0.2) is 4.99 Å². The number of hydrogen-bond donors (Lipinski definition) is 0. The van der Waals surface area contributed by atoms with Gasteiger partial charge in [0.05, 0.1) is 18.3 Å². The molecule has 0 radical (unpaired) electrons. The van der Waals surface area contributed by atoms with Crippen LogP contribution < -0.4 is 4.74 Å². The van der Waals surface area contributed by atoms with E-state index in [0.717, 1.165) is 61.0 Å². The Morgan fingerprint density at radius 3 is 2.60 bits per heavy atom. The molecule has 0 amide bonds. The largest absolute Gasteiger partial charge is 0.494 e. The van der Waals surface area contributed by atoms with Crippen molar-refractivity contribution in [3.8, 4) is 5.75 Å². The molecule has 0 N–H and O–H groups in total. The van der Waals surface area contributed by atoms with Crippen LogP contribution in [0.2, 0.25) is 0 Å². The Hall–Kier alpha value is -2.30. The lowest BCUT2D eigenvalue weighted by molar-refractivity contribution is 0.303. The number of aromatic nitrogens is 1. The lowest BCUT2D eigenvalue weighted by atomic mass is 10.1. The highest BCUT2D eigenvalue weighted by Crippen LogP contribution is 2.17. The van der Waals surface area contributed by atoms with Crippen LogP contribution in [0.5, 0.6) is 5.75 Å². The second-order valence-corrected chi connectivity index (χ2v) is 6.57. The number of nitrogens with zero attached hydrogens (tertiary/aromatic N) is 2. The molecule has 0 bridgehead atoms. The van der Waals surface area contributed by atoms with Crippen LogP contribution in [-0.4, -0.2) is 30.3 Å². The van der Waals surface area contributed by atoms with Crippen LogP contribution in [-0.2, 0) is 11.2 Å². The Labute approximate surface area is 149 Å². The molecule has 5 heteroatoms. The smallest absolute Gasteiger partial charge is 0.216 e. The lowest BCUT2D eigenvalue weighted by Crippen LogP contribution is -2.02. The van der Waals surface area contributed by atoms with Crippen molar-refractivity contribution >= 4 is 5.90 Å². The van der Waals surface area contributed by atoms with E-state index in [1.54, 1.807) is 0 Å². The van der Waals surface area contributed by atoms with Gasteiger partial charge in [-0.1, -0.05) is 18.0 Å². The lowest BCUT2D eigenvalue weighted by Gasteiger charge is -2.07. The molecular formula is C20H26N2O3. The molecular weight excluding hydrogens is 316 g/mol. The SMILES string of the molecule is Cc1cc(CCCCCCOc2ccc(C3=N[C@H](C)CO3)cc2)on1. The molecule has 1 aromatic heterocycles. The van der Waals surface area contributed by atoms with Crippen molar-refractivity contribution in [2.45, 2.75) is 52.0 Å².